The van der Waals surface area contributed by atoms with Gasteiger partial charge in [-0.25, -0.2) is 4.79 Å². The molecule has 0 saturated heterocycles. The summed E-state index contributed by atoms with van der Waals surface area (Å²) in [6.07, 6.45) is 3.85. The third-order valence-electron chi connectivity index (χ3n) is 2.16. The van der Waals surface area contributed by atoms with Crippen LogP contribution in [0.3, 0.4) is 0 Å². The van der Waals surface area contributed by atoms with Crippen molar-refractivity contribution in [1.82, 2.24) is 0 Å². The molecule has 0 aromatic carbocycles. The highest BCUT2D eigenvalue weighted by molar-refractivity contribution is 5.81. The Kier molecular flexibility index (Phi) is 7.85. The zero-order valence-electron chi connectivity index (χ0n) is 10.6. The lowest BCUT2D eigenvalue weighted by Crippen LogP contribution is -2.24. The molecule has 0 bridgehead atoms. The molecule has 0 radical (unpaired) electrons. The highest BCUT2D eigenvalue weighted by atomic mass is 16.5. The molecule has 0 unspecified atom stereocenters. The van der Waals surface area contributed by atoms with Crippen LogP contribution in [-0.4, -0.2) is 38.5 Å². The number of hydrogen-bond acceptors (Lipinski definition) is 4. The second-order valence-corrected chi connectivity index (χ2v) is 3.94. The summed E-state index contributed by atoms with van der Waals surface area (Å²) in [6.45, 7) is 7.20. The molecule has 0 aliphatic heterocycles. The van der Waals surface area contributed by atoms with E-state index in [9.17, 15) is 4.79 Å². The van der Waals surface area contributed by atoms with Crippen molar-refractivity contribution in [3.8, 4) is 0 Å². The Hall–Kier alpha value is -0.870. The van der Waals surface area contributed by atoms with E-state index in [1.54, 1.807) is 20.1 Å². The van der Waals surface area contributed by atoms with Gasteiger partial charge in [0.05, 0.1) is 18.8 Å². The van der Waals surface area contributed by atoms with Gasteiger partial charge in [-0.05, 0) is 27.2 Å². The van der Waals surface area contributed by atoms with E-state index in [-0.39, 0.29) is 11.6 Å². The lowest BCUT2D eigenvalue weighted by Gasteiger charge is -2.22. The van der Waals surface area contributed by atoms with E-state index in [0.717, 1.165) is 6.42 Å². The summed E-state index contributed by atoms with van der Waals surface area (Å²) in [5.74, 6) is -0.330. The second kappa shape index (κ2) is 8.30. The molecular weight excluding hydrogens is 208 g/mol. The van der Waals surface area contributed by atoms with Crippen LogP contribution in [0.4, 0.5) is 0 Å². The van der Waals surface area contributed by atoms with Gasteiger partial charge in [-0.1, -0.05) is 6.08 Å². The minimum absolute atomic E-state index is 0.162. The zero-order valence-corrected chi connectivity index (χ0v) is 10.6. The number of carbonyl (C=O) groups excluding carboxylic acids is 1. The predicted molar refractivity (Wildman–Crippen MR) is 62.3 cm³/mol. The maximum absolute atomic E-state index is 10.9. The third kappa shape index (κ3) is 8.44. The summed E-state index contributed by atoms with van der Waals surface area (Å²) in [5, 5.41) is 0. The molecule has 0 heterocycles. The van der Waals surface area contributed by atoms with Crippen molar-refractivity contribution in [2.45, 2.75) is 32.8 Å². The smallest absolute Gasteiger partial charge is 0.330 e. The maximum atomic E-state index is 10.9. The predicted octanol–water partition coefficient (Wildman–Crippen LogP) is 1.94. The summed E-state index contributed by atoms with van der Waals surface area (Å²) in [7, 11) is 1.68. The normalized spacial score (nSPS) is 12.0. The summed E-state index contributed by atoms with van der Waals surface area (Å²) in [6, 6.07) is 0. The Labute approximate surface area is 97.6 Å². The number of ether oxygens (including phenoxy) is 3. The molecule has 0 aliphatic rings. The number of esters is 1. The van der Waals surface area contributed by atoms with E-state index in [2.05, 4.69) is 0 Å². The van der Waals surface area contributed by atoms with Gasteiger partial charge in [0.25, 0.3) is 0 Å². The Morgan fingerprint density at radius 1 is 1.38 bits per heavy atom. The number of carbonyl (C=O) groups is 1. The van der Waals surface area contributed by atoms with Gasteiger partial charge < -0.3 is 14.2 Å². The largest absolute Gasteiger partial charge is 0.463 e. The van der Waals surface area contributed by atoms with Crippen molar-refractivity contribution in [1.29, 1.82) is 0 Å². The van der Waals surface area contributed by atoms with Crippen molar-refractivity contribution in [3.63, 3.8) is 0 Å². The van der Waals surface area contributed by atoms with Crippen molar-refractivity contribution in [2.24, 2.45) is 0 Å². The fourth-order valence-corrected chi connectivity index (χ4v) is 0.906. The van der Waals surface area contributed by atoms with Crippen LogP contribution in [0.25, 0.3) is 0 Å². The summed E-state index contributed by atoms with van der Waals surface area (Å²) in [5.41, 5.74) is -0.162. The van der Waals surface area contributed by atoms with E-state index in [1.165, 1.54) is 6.08 Å². The van der Waals surface area contributed by atoms with Crippen molar-refractivity contribution in [3.05, 3.63) is 12.2 Å². The van der Waals surface area contributed by atoms with Crippen LogP contribution in [0.15, 0.2) is 12.2 Å². The molecule has 0 spiro atoms. The summed E-state index contributed by atoms with van der Waals surface area (Å²) in [4.78, 5) is 10.9. The minimum atomic E-state index is -0.330. The monoisotopic (exact) mass is 230 g/mol. The van der Waals surface area contributed by atoms with E-state index in [4.69, 9.17) is 14.2 Å². The molecule has 0 fully saturated rings. The average molecular weight is 230 g/mol. The van der Waals surface area contributed by atoms with Gasteiger partial charge in [-0.2, -0.15) is 0 Å². The number of rotatable bonds is 8. The molecular formula is C12H22O4. The van der Waals surface area contributed by atoms with E-state index in [0.29, 0.717) is 19.8 Å². The molecule has 0 aromatic heterocycles. The van der Waals surface area contributed by atoms with Crippen LogP contribution in [0, 0.1) is 0 Å². The van der Waals surface area contributed by atoms with E-state index < -0.39 is 0 Å². The fraction of sp³-hybridized carbons (Fsp3) is 0.750. The first-order chi connectivity index (χ1) is 7.52. The van der Waals surface area contributed by atoms with Gasteiger partial charge in [0.2, 0.25) is 0 Å². The molecule has 4 nitrogen and oxygen atoms in total. The van der Waals surface area contributed by atoms with Crippen LogP contribution >= 0.6 is 0 Å². The quantitative estimate of drug-likeness (QED) is 0.363. The zero-order chi connectivity index (χ0) is 12.4. The number of hydrogen-bond donors (Lipinski definition) is 0. The minimum Gasteiger partial charge on any atom is -0.463 e. The molecule has 0 saturated carbocycles. The first kappa shape index (κ1) is 15.1. The SMILES string of the molecule is CCOC(=O)/C=C/COCCC(C)(C)OC. The van der Waals surface area contributed by atoms with Crippen molar-refractivity contribution in [2.75, 3.05) is 26.9 Å². The van der Waals surface area contributed by atoms with Gasteiger partial charge in [-0.15, -0.1) is 0 Å². The van der Waals surface area contributed by atoms with Crippen molar-refractivity contribution >= 4 is 5.97 Å². The van der Waals surface area contributed by atoms with E-state index in [1.807, 2.05) is 13.8 Å². The lowest BCUT2D eigenvalue weighted by atomic mass is 10.1. The van der Waals surface area contributed by atoms with Gasteiger partial charge in [-0.3, -0.25) is 0 Å². The summed E-state index contributed by atoms with van der Waals surface area (Å²) < 4.78 is 15.3. The van der Waals surface area contributed by atoms with Crippen LogP contribution in [0.5, 0.6) is 0 Å². The topological polar surface area (TPSA) is 44.8 Å². The van der Waals surface area contributed by atoms with Gasteiger partial charge in [0.1, 0.15) is 0 Å². The van der Waals surface area contributed by atoms with E-state index >= 15 is 0 Å². The van der Waals surface area contributed by atoms with Crippen LogP contribution < -0.4 is 0 Å². The standard InChI is InChI=1S/C12H22O4/c1-5-16-11(13)7-6-9-15-10-8-12(2,3)14-4/h6-7H,5,8-10H2,1-4H3/b7-6+. The molecule has 0 aliphatic carbocycles. The first-order valence-corrected chi connectivity index (χ1v) is 5.48. The molecule has 4 heteroatoms. The highest BCUT2D eigenvalue weighted by Gasteiger charge is 2.15. The Bertz CT molecular complexity index is 221. The molecule has 16 heavy (non-hydrogen) atoms. The van der Waals surface area contributed by atoms with Gasteiger partial charge >= 0.3 is 5.97 Å². The molecule has 0 N–H and O–H groups in total. The Morgan fingerprint density at radius 2 is 2.06 bits per heavy atom. The second-order valence-electron chi connectivity index (χ2n) is 3.94. The third-order valence-corrected chi connectivity index (χ3v) is 2.16. The van der Waals surface area contributed by atoms with Crippen LogP contribution in [0.1, 0.15) is 27.2 Å². The maximum Gasteiger partial charge on any atom is 0.330 e. The molecule has 0 atom stereocenters. The Balaban J connectivity index is 3.50. The van der Waals surface area contributed by atoms with Gasteiger partial charge in [0.15, 0.2) is 0 Å². The molecule has 0 rings (SSSR count). The first-order valence-electron chi connectivity index (χ1n) is 5.48. The number of methoxy groups -OCH3 is 1. The fourth-order valence-electron chi connectivity index (χ4n) is 0.906. The molecule has 0 amide bonds. The van der Waals surface area contributed by atoms with Crippen molar-refractivity contribution < 1.29 is 19.0 Å². The Morgan fingerprint density at radius 3 is 2.62 bits per heavy atom. The summed E-state index contributed by atoms with van der Waals surface area (Å²) >= 11 is 0. The van der Waals surface area contributed by atoms with Gasteiger partial charge in [0, 0.05) is 19.8 Å². The molecule has 94 valence electrons. The lowest BCUT2D eigenvalue weighted by molar-refractivity contribution is -0.137. The average Bonchev–Trinajstić information content (AvgIpc) is 2.23. The van der Waals surface area contributed by atoms with Crippen LogP contribution in [0.2, 0.25) is 0 Å². The van der Waals surface area contributed by atoms with Crippen LogP contribution in [-0.2, 0) is 19.0 Å². The highest BCUT2D eigenvalue weighted by Crippen LogP contribution is 2.12. The molecule has 0 aromatic rings.